The molecule has 0 saturated carbocycles. The monoisotopic (exact) mass is 562 g/mol. The molecule has 6 nitrogen and oxygen atoms in total. The minimum Gasteiger partial charge on any atom is -0.396 e. The number of halogens is 1. The second-order valence-electron chi connectivity index (χ2n) is 10.4. The summed E-state index contributed by atoms with van der Waals surface area (Å²) in [6.45, 7) is 8.57. The fourth-order valence-corrected chi connectivity index (χ4v) is 5.97. The quantitative estimate of drug-likeness (QED) is 0.267. The molecule has 5 rings (SSSR count). The number of fused-ring (bicyclic) bond motifs is 1. The van der Waals surface area contributed by atoms with Crippen molar-refractivity contribution >= 4 is 38.5 Å². The Morgan fingerprint density at radius 3 is 2.46 bits per heavy atom. The van der Waals surface area contributed by atoms with Crippen LogP contribution in [0.5, 0.6) is 0 Å². The summed E-state index contributed by atoms with van der Waals surface area (Å²) >= 11 is 3.53. The summed E-state index contributed by atoms with van der Waals surface area (Å²) < 4.78 is 1.07. The third kappa shape index (κ3) is 5.73. The fraction of sp³-hybridized carbons (Fsp3) is 0.433. The highest BCUT2D eigenvalue weighted by Gasteiger charge is 2.39. The lowest BCUT2D eigenvalue weighted by Gasteiger charge is -2.49. The van der Waals surface area contributed by atoms with E-state index in [-0.39, 0.29) is 11.4 Å². The van der Waals surface area contributed by atoms with Gasteiger partial charge in [0, 0.05) is 46.2 Å². The van der Waals surface area contributed by atoms with Crippen LogP contribution in [0.15, 0.2) is 70.4 Å². The van der Waals surface area contributed by atoms with Gasteiger partial charge in [-0.3, -0.25) is 14.7 Å². The molecule has 3 aromatic rings. The minimum atomic E-state index is 0.115. The molecule has 2 aliphatic rings. The molecule has 2 saturated heterocycles. The number of pyridine rings is 1. The second-order valence-corrected chi connectivity index (χ2v) is 11.3. The number of aromatic nitrogens is 1. The van der Waals surface area contributed by atoms with Crippen LogP contribution in [0.3, 0.4) is 0 Å². The number of nitrogens with zero attached hydrogens (tertiary/aromatic N) is 4. The van der Waals surface area contributed by atoms with E-state index in [4.69, 9.17) is 4.84 Å². The number of amides is 1. The van der Waals surface area contributed by atoms with Gasteiger partial charge in [0.1, 0.15) is 6.61 Å². The van der Waals surface area contributed by atoms with Crippen LogP contribution in [0.1, 0.15) is 55.5 Å². The van der Waals surface area contributed by atoms with Gasteiger partial charge in [0.15, 0.2) is 0 Å². The molecule has 37 heavy (non-hydrogen) atoms. The van der Waals surface area contributed by atoms with E-state index in [1.165, 1.54) is 0 Å². The lowest BCUT2D eigenvalue weighted by molar-refractivity contribution is 0.0161. The summed E-state index contributed by atoms with van der Waals surface area (Å²) in [5, 5.41) is 5.54. The Labute approximate surface area is 227 Å². The van der Waals surface area contributed by atoms with E-state index in [1.807, 2.05) is 42.2 Å². The van der Waals surface area contributed by atoms with Crippen molar-refractivity contribution in [1.29, 1.82) is 0 Å². The molecule has 0 bridgehead atoms. The number of carbonyl (C=O) groups is 1. The maximum atomic E-state index is 13.3. The van der Waals surface area contributed by atoms with Crippen molar-refractivity contribution < 1.29 is 9.63 Å². The average Bonchev–Trinajstić information content (AvgIpc) is 2.94. The first-order valence-electron chi connectivity index (χ1n) is 13.3. The second kappa shape index (κ2) is 11.3. The van der Waals surface area contributed by atoms with Crippen LogP contribution in [0.2, 0.25) is 0 Å². The summed E-state index contributed by atoms with van der Waals surface area (Å²) in [6.07, 6.45) is 5.89. The molecule has 7 heteroatoms. The maximum Gasteiger partial charge on any atom is 0.253 e. The van der Waals surface area contributed by atoms with Gasteiger partial charge in [-0.2, -0.15) is 0 Å². The molecule has 0 N–H and O–H groups in total. The van der Waals surface area contributed by atoms with Crippen LogP contribution >= 0.6 is 15.9 Å². The van der Waals surface area contributed by atoms with Crippen molar-refractivity contribution in [2.45, 2.75) is 45.1 Å². The molecule has 0 unspecified atom stereocenters. The molecule has 2 fully saturated rings. The zero-order valence-corrected chi connectivity index (χ0v) is 23.3. The van der Waals surface area contributed by atoms with Crippen molar-refractivity contribution in [3.05, 3.63) is 76.4 Å². The van der Waals surface area contributed by atoms with Crippen LogP contribution in [0, 0.1) is 5.92 Å². The summed E-state index contributed by atoms with van der Waals surface area (Å²) in [5.74, 6) is 0.509. The standard InChI is InChI=1S/C30H35BrN4O2/c1-3-37-33-28(22-6-9-26(31)10-7-22)23-12-17-35(18-13-23)30(2)14-19-34(20-15-30)29(36)25-8-11-27-24(21-25)5-4-16-32-27/h4-11,16,21,23H,3,12-15,17-20H2,1-2H3/b33-28+. The van der Waals surface area contributed by atoms with Crippen molar-refractivity contribution in [2.75, 3.05) is 32.8 Å². The van der Waals surface area contributed by atoms with Gasteiger partial charge in [0.25, 0.3) is 5.91 Å². The van der Waals surface area contributed by atoms with Gasteiger partial charge in [0.2, 0.25) is 0 Å². The van der Waals surface area contributed by atoms with Gasteiger partial charge < -0.3 is 9.74 Å². The molecule has 0 aliphatic carbocycles. The van der Waals surface area contributed by atoms with E-state index in [2.05, 4.69) is 62.2 Å². The Bertz CT molecular complexity index is 1260. The van der Waals surface area contributed by atoms with Crippen molar-refractivity contribution in [3.8, 4) is 0 Å². The first kappa shape index (κ1) is 25.9. The Morgan fingerprint density at radius 2 is 1.76 bits per heavy atom. The van der Waals surface area contributed by atoms with Crippen LogP contribution < -0.4 is 0 Å². The molecular weight excluding hydrogens is 528 g/mol. The van der Waals surface area contributed by atoms with Crippen LogP contribution in [-0.4, -0.2) is 64.7 Å². The number of benzene rings is 2. The maximum absolute atomic E-state index is 13.3. The van der Waals surface area contributed by atoms with Gasteiger partial charge in [-0.25, -0.2) is 0 Å². The Balaban J connectivity index is 1.20. The third-order valence-corrected chi connectivity index (χ3v) is 8.58. The third-order valence-electron chi connectivity index (χ3n) is 8.05. The lowest BCUT2D eigenvalue weighted by atomic mass is 9.82. The van der Waals surface area contributed by atoms with E-state index < -0.39 is 0 Å². The van der Waals surface area contributed by atoms with Crippen molar-refractivity contribution in [2.24, 2.45) is 11.1 Å². The van der Waals surface area contributed by atoms with E-state index >= 15 is 0 Å². The molecule has 2 aliphatic heterocycles. The molecule has 2 aromatic carbocycles. The van der Waals surface area contributed by atoms with Gasteiger partial charge in [-0.15, -0.1) is 0 Å². The molecule has 3 heterocycles. The van der Waals surface area contributed by atoms with Crippen molar-refractivity contribution in [3.63, 3.8) is 0 Å². The number of hydrogen-bond donors (Lipinski definition) is 0. The highest BCUT2D eigenvalue weighted by Crippen LogP contribution is 2.34. The van der Waals surface area contributed by atoms with E-state index in [0.717, 1.165) is 84.1 Å². The highest BCUT2D eigenvalue weighted by atomic mass is 79.9. The SMILES string of the molecule is CCO/N=C(\c1ccc(Br)cc1)C1CCN(C2(C)CCN(C(=O)c3ccc4ncccc4c3)CC2)CC1. The summed E-state index contributed by atoms with van der Waals surface area (Å²) in [5.41, 5.74) is 3.98. The number of hydrogen-bond acceptors (Lipinski definition) is 5. The molecule has 0 radical (unpaired) electrons. The number of piperidine rings is 2. The van der Waals surface area contributed by atoms with Crippen LogP contribution in [0.25, 0.3) is 10.9 Å². The predicted octanol–water partition coefficient (Wildman–Crippen LogP) is 6.14. The zero-order chi connectivity index (χ0) is 25.8. The normalized spacial score (nSPS) is 19.2. The Kier molecular flexibility index (Phi) is 7.91. The molecule has 194 valence electrons. The van der Waals surface area contributed by atoms with E-state index in [9.17, 15) is 4.79 Å². The van der Waals surface area contributed by atoms with Gasteiger partial charge >= 0.3 is 0 Å². The van der Waals surface area contributed by atoms with Crippen molar-refractivity contribution in [1.82, 2.24) is 14.8 Å². The molecule has 0 atom stereocenters. The van der Waals surface area contributed by atoms with Gasteiger partial charge in [-0.05, 0) is 94.6 Å². The van der Waals surface area contributed by atoms with Gasteiger partial charge in [0.05, 0.1) is 11.2 Å². The number of likely N-dealkylation sites (tertiary alicyclic amines) is 2. The fourth-order valence-electron chi connectivity index (χ4n) is 5.71. The van der Waals surface area contributed by atoms with E-state index in [1.54, 1.807) is 6.20 Å². The lowest BCUT2D eigenvalue weighted by Crippen LogP contribution is -2.56. The van der Waals surface area contributed by atoms with Crippen LogP contribution in [0.4, 0.5) is 0 Å². The molecule has 0 spiro atoms. The largest absolute Gasteiger partial charge is 0.396 e. The number of rotatable bonds is 6. The van der Waals surface area contributed by atoms with Gasteiger partial charge in [-0.1, -0.05) is 39.3 Å². The number of oxime groups is 1. The first-order valence-corrected chi connectivity index (χ1v) is 14.1. The topological polar surface area (TPSA) is 58.0 Å². The van der Waals surface area contributed by atoms with E-state index in [0.29, 0.717) is 12.5 Å². The summed E-state index contributed by atoms with van der Waals surface area (Å²) in [7, 11) is 0. The summed E-state index contributed by atoms with van der Waals surface area (Å²) in [6, 6.07) is 18.1. The molecule has 1 amide bonds. The average molecular weight is 564 g/mol. The molecular formula is C30H35BrN4O2. The molecule has 1 aromatic heterocycles. The minimum absolute atomic E-state index is 0.115. The Hall–Kier alpha value is -2.77. The highest BCUT2D eigenvalue weighted by molar-refractivity contribution is 9.10. The smallest absolute Gasteiger partial charge is 0.253 e. The van der Waals surface area contributed by atoms with Crippen LogP contribution in [-0.2, 0) is 4.84 Å². The zero-order valence-electron chi connectivity index (χ0n) is 21.7. The number of carbonyl (C=O) groups excluding carboxylic acids is 1. The first-order chi connectivity index (χ1) is 18.0. The predicted molar refractivity (Wildman–Crippen MR) is 152 cm³/mol. The Morgan fingerprint density at radius 1 is 1.05 bits per heavy atom. The summed E-state index contributed by atoms with van der Waals surface area (Å²) in [4.78, 5) is 27.8.